The molecular formula is C62H39N7. The molecule has 69 heavy (non-hydrogen) atoms. The molecule has 0 bridgehead atoms. The number of hydrogen-bond acceptors (Lipinski definition) is 4. The molecule has 7 nitrogen and oxygen atoms in total. The molecular weight excluding hydrogens is 843 g/mol. The van der Waals surface area contributed by atoms with Crippen LogP contribution in [0.3, 0.4) is 0 Å². The molecule has 0 N–H and O–H groups in total. The monoisotopic (exact) mass is 881 g/mol. The molecule has 0 aliphatic carbocycles. The van der Waals surface area contributed by atoms with E-state index in [0.29, 0.717) is 5.82 Å². The highest BCUT2D eigenvalue weighted by atomic mass is 15.1. The SMILES string of the molecule is c1ccc(-c2cc(-n3c4ccccc4c4cc(-c5cccc(-c6ccc7c(c6)c6ccccc6n7-c6ccc7c(c6)c6ccncc6n7-c6ccccc6)n5)ccc43)nc(-c3ccccc3)n2)cc1. The van der Waals surface area contributed by atoms with E-state index in [0.717, 1.165) is 100 Å². The average molecular weight is 882 g/mol. The number of pyridine rings is 2. The van der Waals surface area contributed by atoms with E-state index in [4.69, 9.17) is 15.0 Å². The molecule has 0 amide bonds. The van der Waals surface area contributed by atoms with Crippen molar-refractivity contribution in [1.82, 2.24) is 33.6 Å². The third-order valence-corrected chi connectivity index (χ3v) is 13.6. The van der Waals surface area contributed by atoms with Crippen LogP contribution in [-0.4, -0.2) is 33.6 Å². The summed E-state index contributed by atoms with van der Waals surface area (Å²) in [5.74, 6) is 1.49. The van der Waals surface area contributed by atoms with Gasteiger partial charge in [-0.1, -0.05) is 133 Å². The fourth-order valence-corrected chi connectivity index (χ4v) is 10.4. The molecule has 0 saturated carbocycles. The van der Waals surface area contributed by atoms with Gasteiger partial charge in [-0.05, 0) is 84.9 Å². The number of nitrogens with zero attached hydrogens (tertiary/aromatic N) is 7. The number of benzene rings is 8. The minimum atomic E-state index is 0.682. The van der Waals surface area contributed by atoms with Crippen molar-refractivity contribution in [2.45, 2.75) is 0 Å². The molecule has 0 radical (unpaired) electrons. The Bertz CT molecular complexity index is 4240. The van der Waals surface area contributed by atoms with Gasteiger partial charge < -0.3 is 9.13 Å². The highest BCUT2D eigenvalue weighted by Gasteiger charge is 2.20. The van der Waals surface area contributed by atoms with Crippen molar-refractivity contribution in [3.63, 3.8) is 0 Å². The van der Waals surface area contributed by atoms with Gasteiger partial charge in [0.05, 0.1) is 56.4 Å². The standard InChI is InChI=1S/C62H39N7/c1-4-15-40(16-5-1)54-38-61(66-62(65-54)41-17-6-2-7-18-41)69-56-26-13-11-22-47(56)50-36-43(28-31-59(50)69)53-24-14-23-52(64-53)42-27-30-57-49(35-42)46-21-10-12-25-55(46)68(57)45-29-32-58-51(37-45)48-33-34-63-39-60(48)67(58)44-19-8-3-9-20-44/h1-39H. The van der Waals surface area contributed by atoms with Crippen LogP contribution >= 0.6 is 0 Å². The predicted molar refractivity (Wildman–Crippen MR) is 282 cm³/mol. The van der Waals surface area contributed by atoms with Gasteiger partial charge in [0.15, 0.2) is 5.82 Å². The van der Waals surface area contributed by atoms with E-state index in [1.54, 1.807) is 0 Å². The molecule has 7 heteroatoms. The fourth-order valence-electron chi connectivity index (χ4n) is 10.4. The summed E-state index contributed by atoms with van der Waals surface area (Å²) in [6.07, 6.45) is 3.85. The fraction of sp³-hybridized carbons (Fsp3) is 0. The molecule has 14 rings (SSSR count). The lowest BCUT2D eigenvalue weighted by molar-refractivity contribution is 1.05. The Morgan fingerprint density at radius 3 is 1.48 bits per heavy atom. The predicted octanol–water partition coefficient (Wildman–Crippen LogP) is 15.2. The molecule has 0 saturated heterocycles. The van der Waals surface area contributed by atoms with E-state index in [9.17, 15) is 0 Å². The van der Waals surface area contributed by atoms with Gasteiger partial charge in [0, 0.05) is 78.2 Å². The summed E-state index contributed by atoms with van der Waals surface area (Å²) in [6, 6.07) is 79.2. The van der Waals surface area contributed by atoms with Crippen molar-refractivity contribution in [3.05, 3.63) is 237 Å². The van der Waals surface area contributed by atoms with E-state index in [1.807, 2.05) is 36.7 Å². The summed E-state index contributed by atoms with van der Waals surface area (Å²) in [6.45, 7) is 0. The summed E-state index contributed by atoms with van der Waals surface area (Å²) < 4.78 is 6.96. The summed E-state index contributed by atoms with van der Waals surface area (Å²) in [5, 5.41) is 7.00. The molecule has 6 aromatic heterocycles. The normalized spacial score (nSPS) is 11.8. The van der Waals surface area contributed by atoms with E-state index in [1.165, 1.54) is 21.5 Å². The Morgan fingerprint density at radius 1 is 0.275 bits per heavy atom. The van der Waals surface area contributed by atoms with Crippen molar-refractivity contribution in [2.24, 2.45) is 0 Å². The van der Waals surface area contributed by atoms with Crippen LogP contribution in [0.15, 0.2) is 237 Å². The zero-order chi connectivity index (χ0) is 45.4. The Hall–Kier alpha value is -9.46. The van der Waals surface area contributed by atoms with Gasteiger partial charge >= 0.3 is 0 Å². The Kier molecular flexibility index (Phi) is 8.75. The van der Waals surface area contributed by atoms with Crippen molar-refractivity contribution >= 4 is 65.4 Å². The van der Waals surface area contributed by atoms with Gasteiger partial charge in [-0.3, -0.25) is 9.55 Å². The molecule has 0 aliphatic heterocycles. The number of para-hydroxylation sites is 3. The maximum atomic E-state index is 5.36. The van der Waals surface area contributed by atoms with Crippen LogP contribution in [0.5, 0.6) is 0 Å². The molecule has 8 aromatic carbocycles. The molecule has 0 unspecified atom stereocenters. The number of aromatic nitrogens is 7. The molecule has 0 fully saturated rings. The van der Waals surface area contributed by atoms with Gasteiger partial charge in [0.1, 0.15) is 5.82 Å². The van der Waals surface area contributed by atoms with Crippen molar-refractivity contribution in [1.29, 1.82) is 0 Å². The first-order valence-electron chi connectivity index (χ1n) is 23.2. The Labute approximate surface area is 396 Å². The van der Waals surface area contributed by atoms with E-state index in [2.05, 4.69) is 219 Å². The molecule has 14 aromatic rings. The third kappa shape index (κ3) is 6.29. The van der Waals surface area contributed by atoms with Crippen LogP contribution in [0.4, 0.5) is 0 Å². The second-order valence-corrected chi connectivity index (χ2v) is 17.5. The van der Waals surface area contributed by atoms with E-state index >= 15 is 0 Å². The first-order chi connectivity index (χ1) is 34.2. The van der Waals surface area contributed by atoms with Crippen LogP contribution in [-0.2, 0) is 0 Å². The molecule has 0 spiro atoms. The van der Waals surface area contributed by atoms with Crippen LogP contribution in [0.1, 0.15) is 0 Å². The summed E-state index contributed by atoms with van der Waals surface area (Å²) >= 11 is 0. The number of fused-ring (bicyclic) bond motifs is 9. The van der Waals surface area contributed by atoms with E-state index < -0.39 is 0 Å². The van der Waals surface area contributed by atoms with E-state index in [-0.39, 0.29) is 0 Å². The molecule has 0 aliphatic rings. The van der Waals surface area contributed by atoms with Crippen LogP contribution < -0.4 is 0 Å². The van der Waals surface area contributed by atoms with Gasteiger partial charge in [-0.15, -0.1) is 0 Å². The molecule has 322 valence electrons. The number of hydrogen-bond donors (Lipinski definition) is 0. The van der Waals surface area contributed by atoms with Crippen LogP contribution in [0, 0.1) is 0 Å². The first-order valence-corrected chi connectivity index (χ1v) is 23.2. The third-order valence-electron chi connectivity index (χ3n) is 13.6. The quantitative estimate of drug-likeness (QED) is 0.160. The summed E-state index contributed by atoms with van der Waals surface area (Å²) in [7, 11) is 0. The Morgan fingerprint density at radius 2 is 0.797 bits per heavy atom. The highest BCUT2D eigenvalue weighted by molar-refractivity contribution is 6.13. The van der Waals surface area contributed by atoms with Gasteiger partial charge in [0.2, 0.25) is 0 Å². The maximum Gasteiger partial charge on any atom is 0.162 e. The van der Waals surface area contributed by atoms with Gasteiger partial charge in [-0.25, -0.2) is 15.0 Å². The van der Waals surface area contributed by atoms with Gasteiger partial charge in [0.25, 0.3) is 0 Å². The average Bonchev–Trinajstić information content (AvgIpc) is 4.06. The molecule has 6 heterocycles. The molecule has 0 atom stereocenters. The lowest BCUT2D eigenvalue weighted by Crippen LogP contribution is -2.02. The minimum Gasteiger partial charge on any atom is -0.309 e. The van der Waals surface area contributed by atoms with Crippen molar-refractivity contribution in [3.8, 4) is 62.4 Å². The van der Waals surface area contributed by atoms with Gasteiger partial charge in [-0.2, -0.15) is 0 Å². The van der Waals surface area contributed by atoms with Crippen molar-refractivity contribution in [2.75, 3.05) is 0 Å². The van der Waals surface area contributed by atoms with Crippen molar-refractivity contribution < 1.29 is 0 Å². The number of rotatable bonds is 7. The zero-order valence-corrected chi connectivity index (χ0v) is 37.1. The largest absolute Gasteiger partial charge is 0.309 e. The topological polar surface area (TPSA) is 66.3 Å². The minimum absolute atomic E-state index is 0.682. The maximum absolute atomic E-state index is 5.36. The first kappa shape index (κ1) is 38.8. The highest BCUT2D eigenvalue weighted by Crippen LogP contribution is 2.40. The second kappa shape index (κ2) is 15.6. The Balaban J connectivity index is 0.871. The second-order valence-electron chi connectivity index (χ2n) is 17.5. The van der Waals surface area contributed by atoms with Crippen LogP contribution in [0.25, 0.3) is 128 Å². The lowest BCUT2D eigenvalue weighted by Gasteiger charge is -2.12. The smallest absolute Gasteiger partial charge is 0.162 e. The zero-order valence-electron chi connectivity index (χ0n) is 37.1. The van der Waals surface area contributed by atoms with Crippen LogP contribution in [0.2, 0.25) is 0 Å². The lowest BCUT2D eigenvalue weighted by atomic mass is 10.0. The summed E-state index contributed by atoms with van der Waals surface area (Å²) in [5.41, 5.74) is 15.7. The summed E-state index contributed by atoms with van der Waals surface area (Å²) in [4.78, 5) is 20.2.